The summed E-state index contributed by atoms with van der Waals surface area (Å²) in [6.45, 7) is 3.69. The van der Waals surface area contributed by atoms with Crippen molar-refractivity contribution in [3.05, 3.63) is 34.1 Å². The van der Waals surface area contributed by atoms with Crippen molar-refractivity contribution in [3.8, 4) is 0 Å². The molecule has 1 amide bonds. The zero-order valence-corrected chi connectivity index (χ0v) is 12.1. The second kappa shape index (κ2) is 6.29. The van der Waals surface area contributed by atoms with Gasteiger partial charge >= 0.3 is 0 Å². The van der Waals surface area contributed by atoms with Crippen LogP contribution >= 0.6 is 15.9 Å². The Balaban J connectivity index is 2.72. The number of carbonyl (C=O) groups is 1. The molecule has 0 aliphatic carbocycles. The Morgan fingerprint density at radius 2 is 2.22 bits per heavy atom. The average molecular weight is 318 g/mol. The number of rotatable bonds is 5. The van der Waals surface area contributed by atoms with E-state index in [0.717, 1.165) is 6.42 Å². The van der Waals surface area contributed by atoms with Crippen LogP contribution in [0.5, 0.6) is 0 Å². The lowest BCUT2D eigenvalue weighted by Crippen LogP contribution is -2.40. The molecule has 0 aromatic heterocycles. The van der Waals surface area contributed by atoms with Crippen molar-refractivity contribution in [2.75, 3.05) is 6.54 Å². The van der Waals surface area contributed by atoms with Gasteiger partial charge in [-0.3, -0.25) is 4.79 Å². The van der Waals surface area contributed by atoms with E-state index in [0.29, 0.717) is 10.9 Å². The first-order valence-corrected chi connectivity index (χ1v) is 6.61. The highest BCUT2D eigenvalue weighted by Crippen LogP contribution is 2.19. The van der Waals surface area contributed by atoms with E-state index in [2.05, 4.69) is 21.2 Å². The smallest absolute Gasteiger partial charge is 0.255 e. The fourth-order valence-corrected chi connectivity index (χ4v) is 2.22. The molecular weight excluding hydrogens is 301 g/mol. The minimum atomic E-state index is -0.970. The highest BCUT2D eigenvalue weighted by atomic mass is 79.9. The Hall–Kier alpha value is -0.940. The lowest BCUT2D eigenvalue weighted by molar-refractivity contribution is 0.0468. The zero-order chi connectivity index (χ0) is 13.8. The van der Waals surface area contributed by atoms with Crippen LogP contribution in [-0.4, -0.2) is 23.2 Å². The molecule has 1 unspecified atom stereocenters. The number of aliphatic hydroxyl groups is 1. The third-order valence-corrected chi connectivity index (χ3v) is 3.27. The van der Waals surface area contributed by atoms with E-state index in [9.17, 15) is 14.3 Å². The third-order valence-electron chi connectivity index (χ3n) is 2.61. The molecule has 0 aliphatic heterocycles. The molecule has 0 fully saturated rings. The fourth-order valence-electron chi connectivity index (χ4n) is 1.70. The van der Waals surface area contributed by atoms with Crippen molar-refractivity contribution in [3.63, 3.8) is 0 Å². The molecule has 1 aromatic rings. The number of halogens is 2. The molecule has 0 spiro atoms. The van der Waals surface area contributed by atoms with Crippen LogP contribution in [0.15, 0.2) is 22.7 Å². The first-order valence-electron chi connectivity index (χ1n) is 5.82. The van der Waals surface area contributed by atoms with Gasteiger partial charge in [0, 0.05) is 11.0 Å². The van der Waals surface area contributed by atoms with Crippen LogP contribution < -0.4 is 5.32 Å². The predicted octanol–water partition coefficient (Wildman–Crippen LogP) is 2.87. The molecule has 1 atom stereocenters. The number of benzene rings is 1. The van der Waals surface area contributed by atoms with Crippen LogP contribution in [0, 0.1) is 5.82 Å². The van der Waals surface area contributed by atoms with Crippen LogP contribution in [-0.2, 0) is 0 Å². The first-order chi connectivity index (χ1) is 8.37. The molecule has 1 aromatic carbocycles. The third kappa shape index (κ3) is 4.07. The Kier molecular flexibility index (Phi) is 5.28. The largest absolute Gasteiger partial charge is 0.388 e. The Morgan fingerprint density at radius 3 is 2.78 bits per heavy atom. The number of carbonyl (C=O) groups excluding carboxylic acids is 1. The Morgan fingerprint density at radius 1 is 1.56 bits per heavy atom. The van der Waals surface area contributed by atoms with E-state index in [1.54, 1.807) is 13.0 Å². The predicted molar refractivity (Wildman–Crippen MR) is 72.0 cm³/mol. The highest BCUT2D eigenvalue weighted by molar-refractivity contribution is 9.10. The van der Waals surface area contributed by atoms with E-state index in [1.165, 1.54) is 12.1 Å². The van der Waals surface area contributed by atoms with Crippen LogP contribution in [0.1, 0.15) is 37.0 Å². The van der Waals surface area contributed by atoms with Gasteiger partial charge in [0.25, 0.3) is 5.91 Å². The van der Waals surface area contributed by atoms with Gasteiger partial charge in [0.15, 0.2) is 0 Å². The van der Waals surface area contributed by atoms with Gasteiger partial charge in [0.1, 0.15) is 5.82 Å². The maximum Gasteiger partial charge on any atom is 0.255 e. The number of hydrogen-bond donors (Lipinski definition) is 2. The molecule has 0 heterocycles. The SMILES string of the molecule is CCCC(C)(O)CNC(=O)c1c(F)cccc1Br. The van der Waals surface area contributed by atoms with Crippen molar-refractivity contribution in [1.29, 1.82) is 0 Å². The van der Waals surface area contributed by atoms with Crippen LogP contribution in [0.3, 0.4) is 0 Å². The van der Waals surface area contributed by atoms with E-state index in [-0.39, 0.29) is 12.1 Å². The molecule has 18 heavy (non-hydrogen) atoms. The van der Waals surface area contributed by atoms with Crippen LogP contribution in [0.2, 0.25) is 0 Å². The minimum Gasteiger partial charge on any atom is -0.388 e. The Bertz CT molecular complexity index is 415. The zero-order valence-electron chi connectivity index (χ0n) is 10.5. The maximum absolute atomic E-state index is 13.5. The van der Waals surface area contributed by atoms with Crippen molar-refractivity contribution in [2.24, 2.45) is 0 Å². The summed E-state index contributed by atoms with van der Waals surface area (Å²) in [6, 6.07) is 4.34. The monoisotopic (exact) mass is 317 g/mol. The number of nitrogens with one attached hydrogen (secondary N) is 1. The molecular formula is C13H17BrFNO2. The second-order valence-corrected chi connectivity index (χ2v) is 5.38. The second-order valence-electron chi connectivity index (χ2n) is 4.53. The molecule has 0 saturated heterocycles. The number of amides is 1. The molecule has 0 aliphatic rings. The molecule has 2 N–H and O–H groups in total. The van der Waals surface area contributed by atoms with E-state index < -0.39 is 17.3 Å². The molecule has 0 radical (unpaired) electrons. The summed E-state index contributed by atoms with van der Waals surface area (Å²) in [6.07, 6.45) is 1.39. The van der Waals surface area contributed by atoms with Gasteiger partial charge in [-0.2, -0.15) is 0 Å². The molecule has 100 valence electrons. The summed E-state index contributed by atoms with van der Waals surface area (Å²) in [7, 11) is 0. The van der Waals surface area contributed by atoms with Crippen LogP contribution in [0.25, 0.3) is 0 Å². The molecule has 5 heteroatoms. The summed E-state index contributed by atoms with van der Waals surface area (Å²) in [5.41, 5.74) is -1.01. The van der Waals surface area contributed by atoms with E-state index in [4.69, 9.17) is 0 Å². The van der Waals surface area contributed by atoms with Crippen LogP contribution in [0.4, 0.5) is 4.39 Å². The lowest BCUT2D eigenvalue weighted by Gasteiger charge is -2.23. The van der Waals surface area contributed by atoms with Gasteiger partial charge < -0.3 is 10.4 Å². The summed E-state index contributed by atoms with van der Waals surface area (Å²) >= 11 is 3.14. The molecule has 0 saturated carbocycles. The van der Waals surface area contributed by atoms with Crippen molar-refractivity contribution in [1.82, 2.24) is 5.32 Å². The van der Waals surface area contributed by atoms with Gasteiger partial charge in [-0.05, 0) is 41.4 Å². The van der Waals surface area contributed by atoms with Crippen molar-refractivity contribution < 1.29 is 14.3 Å². The molecule has 0 bridgehead atoms. The van der Waals surface area contributed by atoms with Gasteiger partial charge in [0.05, 0.1) is 11.2 Å². The molecule has 3 nitrogen and oxygen atoms in total. The maximum atomic E-state index is 13.5. The van der Waals surface area contributed by atoms with Gasteiger partial charge in [0.2, 0.25) is 0 Å². The van der Waals surface area contributed by atoms with Crippen molar-refractivity contribution in [2.45, 2.75) is 32.3 Å². The number of hydrogen-bond acceptors (Lipinski definition) is 2. The summed E-state index contributed by atoms with van der Waals surface area (Å²) in [5.74, 6) is -1.12. The summed E-state index contributed by atoms with van der Waals surface area (Å²) < 4.78 is 13.9. The topological polar surface area (TPSA) is 49.3 Å². The Labute approximate surface area is 115 Å². The van der Waals surface area contributed by atoms with Gasteiger partial charge in [-0.25, -0.2) is 4.39 Å². The first kappa shape index (κ1) is 15.1. The quantitative estimate of drug-likeness (QED) is 0.877. The van der Waals surface area contributed by atoms with Gasteiger partial charge in [-0.15, -0.1) is 0 Å². The van der Waals surface area contributed by atoms with Crippen molar-refractivity contribution >= 4 is 21.8 Å². The summed E-state index contributed by atoms with van der Waals surface area (Å²) in [5, 5.41) is 12.5. The average Bonchev–Trinajstić information content (AvgIpc) is 2.26. The standard InChI is InChI=1S/C13H17BrFNO2/c1-3-7-13(2,18)8-16-12(17)11-9(14)5-4-6-10(11)15/h4-6,18H,3,7-8H2,1-2H3,(H,16,17). The fraction of sp³-hybridized carbons (Fsp3) is 0.462. The lowest BCUT2D eigenvalue weighted by atomic mass is 10.0. The normalized spacial score (nSPS) is 14.1. The van der Waals surface area contributed by atoms with E-state index >= 15 is 0 Å². The minimum absolute atomic E-state index is 0.0372. The van der Waals surface area contributed by atoms with Gasteiger partial charge in [-0.1, -0.05) is 19.4 Å². The molecule has 1 rings (SSSR count). The summed E-state index contributed by atoms with van der Waals surface area (Å²) in [4.78, 5) is 11.8. The highest BCUT2D eigenvalue weighted by Gasteiger charge is 2.22. The van der Waals surface area contributed by atoms with E-state index in [1.807, 2.05) is 6.92 Å².